The molecule has 0 bridgehead atoms. The van der Waals surface area contributed by atoms with Crippen molar-refractivity contribution < 1.29 is 13.2 Å². The summed E-state index contributed by atoms with van der Waals surface area (Å²) in [5.41, 5.74) is 0.114. The van der Waals surface area contributed by atoms with Gasteiger partial charge in [-0.25, -0.2) is 12.7 Å². The first kappa shape index (κ1) is 21.9. The number of hydrogen-bond acceptors (Lipinski definition) is 6. The minimum absolute atomic E-state index is 0.0704. The molecule has 1 N–H and O–H groups in total. The van der Waals surface area contributed by atoms with Gasteiger partial charge in [0, 0.05) is 19.5 Å². The van der Waals surface area contributed by atoms with Crippen LogP contribution < -0.4 is 5.32 Å². The van der Waals surface area contributed by atoms with E-state index in [0.29, 0.717) is 37.0 Å². The Kier molecular flexibility index (Phi) is 6.70. The van der Waals surface area contributed by atoms with Crippen molar-refractivity contribution in [1.82, 2.24) is 14.5 Å². The maximum atomic E-state index is 13.4. The largest absolute Gasteiger partial charge is 0.300 e. The van der Waals surface area contributed by atoms with Crippen molar-refractivity contribution >= 4 is 32.4 Å². The van der Waals surface area contributed by atoms with Crippen molar-refractivity contribution in [2.24, 2.45) is 5.92 Å². The first-order chi connectivity index (χ1) is 13.8. The highest BCUT2D eigenvalue weighted by Gasteiger charge is 2.45. The SMILES string of the molecule is CCS(=O)(=O)N1CCC(C(=O)Nc2nnc(CC(C)C)s2)(c2ccccc2)CC1. The van der Waals surface area contributed by atoms with Gasteiger partial charge in [-0.2, -0.15) is 0 Å². The molecule has 1 fully saturated rings. The van der Waals surface area contributed by atoms with Crippen LogP contribution in [0.5, 0.6) is 0 Å². The van der Waals surface area contributed by atoms with Crippen LogP contribution in [0.3, 0.4) is 0 Å². The highest BCUT2D eigenvalue weighted by Crippen LogP contribution is 2.38. The molecule has 1 aliphatic rings. The molecule has 1 saturated heterocycles. The molecule has 9 heteroatoms. The van der Waals surface area contributed by atoms with Gasteiger partial charge in [-0.1, -0.05) is 55.5 Å². The van der Waals surface area contributed by atoms with Crippen LogP contribution in [0.1, 0.15) is 44.2 Å². The summed E-state index contributed by atoms with van der Waals surface area (Å²) in [6.45, 7) is 6.52. The molecule has 0 atom stereocenters. The summed E-state index contributed by atoms with van der Waals surface area (Å²) < 4.78 is 26.0. The average Bonchev–Trinajstić information content (AvgIpc) is 3.14. The topological polar surface area (TPSA) is 92.3 Å². The number of carbonyl (C=O) groups excluding carboxylic acids is 1. The number of carbonyl (C=O) groups is 1. The zero-order valence-electron chi connectivity index (χ0n) is 17.1. The number of benzene rings is 1. The second kappa shape index (κ2) is 8.89. The fourth-order valence-corrected chi connectivity index (χ4v) is 5.74. The van der Waals surface area contributed by atoms with Gasteiger partial charge < -0.3 is 0 Å². The van der Waals surface area contributed by atoms with E-state index >= 15 is 0 Å². The van der Waals surface area contributed by atoms with E-state index in [1.165, 1.54) is 15.6 Å². The van der Waals surface area contributed by atoms with Gasteiger partial charge in [-0.3, -0.25) is 10.1 Å². The molecular formula is C20H28N4O3S2. The highest BCUT2D eigenvalue weighted by molar-refractivity contribution is 7.89. The standard InChI is InChI=1S/C20H28N4O3S2/c1-4-29(26,27)24-12-10-20(11-13-24,16-8-6-5-7-9-16)18(25)21-19-23-22-17(28-19)14-15(2)3/h5-9,15H,4,10-14H2,1-3H3,(H,21,23,25). The number of rotatable bonds is 7. The van der Waals surface area contributed by atoms with E-state index in [-0.39, 0.29) is 11.7 Å². The third-order valence-electron chi connectivity index (χ3n) is 5.37. The quantitative estimate of drug-likeness (QED) is 0.720. The highest BCUT2D eigenvalue weighted by atomic mass is 32.2. The van der Waals surface area contributed by atoms with Gasteiger partial charge in [0.05, 0.1) is 11.2 Å². The van der Waals surface area contributed by atoms with Crippen LogP contribution in [0.15, 0.2) is 30.3 Å². The van der Waals surface area contributed by atoms with Crippen LogP contribution in [-0.4, -0.2) is 47.7 Å². The molecule has 1 aromatic carbocycles. The van der Waals surface area contributed by atoms with Crippen molar-refractivity contribution in [2.75, 3.05) is 24.2 Å². The van der Waals surface area contributed by atoms with E-state index in [0.717, 1.165) is 17.0 Å². The first-order valence-electron chi connectivity index (χ1n) is 9.94. The van der Waals surface area contributed by atoms with E-state index in [4.69, 9.17) is 0 Å². The number of amides is 1. The van der Waals surface area contributed by atoms with Crippen molar-refractivity contribution in [3.63, 3.8) is 0 Å². The molecule has 0 aliphatic carbocycles. The van der Waals surface area contributed by atoms with Crippen LogP contribution in [0.4, 0.5) is 5.13 Å². The van der Waals surface area contributed by atoms with E-state index in [1.807, 2.05) is 30.3 Å². The molecular weight excluding hydrogens is 408 g/mol. The number of aromatic nitrogens is 2. The van der Waals surface area contributed by atoms with Gasteiger partial charge >= 0.3 is 0 Å². The molecule has 0 radical (unpaired) electrons. The molecule has 1 amide bonds. The van der Waals surface area contributed by atoms with Crippen LogP contribution in [0.25, 0.3) is 0 Å². The monoisotopic (exact) mass is 436 g/mol. The van der Waals surface area contributed by atoms with E-state index in [1.54, 1.807) is 6.92 Å². The summed E-state index contributed by atoms with van der Waals surface area (Å²) in [7, 11) is -3.27. The smallest absolute Gasteiger partial charge is 0.236 e. The Morgan fingerprint density at radius 3 is 2.45 bits per heavy atom. The van der Waals surface area contributed by atoms with E-state index < -0.39 is 15.4 Å². The molecule has 2 aromatic rings. The van der Waals surface area contributed by atoms with Crippen LogP contribution in [0, 0.1) is 5.92 Å². The second-order valence-corrected chi connectivity index (χ2v) is 11.1. The third kappa shape index (κ3) is 4.84. The lowest BCUT2D eigenvalue weighted by Crippen LogP contribution is -2.51. The summed E-state index contributed by atoms with van der Waals surface area (Å²) >= 11 is 1.40. The van der Waals surface area contributed by atoms with Crippen molar-refractivity contribution in [3.8, 4) is 0 Å². The summed E-state index contributed by atoms with van der Waals surface area (Å²) in [4.78, 5) is 13.4. The summed E-state index contributed by atoms with van der Waals surface area (Å²) in [5.74, 6) is 0.387. The molecule has 158 valence electrons. The predicted molar refractivity (Wildman–Crippen MR) is 115 cm³/mol. The van der Waals surface area contributed by atoms with Gasteiger partial charge in [-0.15, -0.1) is 10.2 Å². The molecule has 2 heterocycles. The Labute approximate surface area is 176 Å². The van der Waals surface area contributed by atoms with Gasteiger partial charge in [0.1, 0.15) is 5.01 Å². The second-order valence-electron chi connectivity index (χ2n) is 7.80. The Morgan fingerprint density at radius 1 is 1.21 bits per heavy atom. The number of nitrogens with one attached hydrogen (secondary N) is 1. The van der Waals surface area contributed by atoms with Crippen LogP contribution in [0.2, 0.25) is 0 Å². The maximum absolute atomic E-state index is 13.4. The molecule has 1 aromatic heterocycles. The predicted octanol–water partition coefficient (Wildman–Crippen LogP) is 3.06. The van der Waals surface area contributed by atoms with Crippen molar-refractivity contribution in [2.45, 2.75) is 45.4 Å². The number of anilines is 1. The zero-order chi connectivity index (χ0) is 21.1. The third-order valence-corrected chi connectivity index (χ3v) is 8.11. The van der Waals surface area contributed by atoms with Gasteiger partial charge in [0.15, 0.2) is 0 Å². The number of hydrogen-bond donors (Lipinski definition) is 1. The summed E-state index contributed by atoms with van der Waals surface area (Å²) in [6.07, 6.45) is 1.68. The Hall–Kier alpha value is -1.84. The number of sulfonamides is 1. The maximum Gasteiger partial charge on any atom is 0.236 e. The molecule has 0 saturated carbocycles. The lowest BCUT2D eigenvalue weighted by molar-refractivity contribution is -0.123. The molecule has 0 spiro atoms. The van der Waals surface area contributed by atoms with Gasteiger partial charge in [0.25, 0.3) is 0 Å². The molecule has 0 unspecified atom stereocenters. The van der Waals surface area contributed by atoms with Crippen LogP contribution >= 0.6 is 11.3 Å². The van der Waals surface area contributed by atoms with Crippen LogP contribution in [-0.2, 0) is 26.7 Å². The number of piperidine rings is 1. The Morgan fingerprint density at radius 2 is 1.86 bits per heavy atom. The average molecular weight is 437 g/mol. The fourth-order valence-electron chi connectivity index (χ4n) is 3.69. The molecule has 1 aliphatic heterocycles. The normalized spacial score (nSPS) is 17.4. The van der Waals surface area contributed by atoms with Gasteiger partial charge in [0.2, 0.25) is 21.1 Å². The Balaban J connectivity index is 1.83. The number of nitrogens with zero attached hydrogens (tertiary/aromatic N) is 3. The van der Waals surface area contributed by atoms with Crippen molar-refractivity contribution in [1.29, 1.82) is 0 Å². The summed E-state index contributed by atoms with van der Waals surface area (Å²) in [6, 6.07) is 9.60. The molecule has 3 rings (SSSR count). The van der Waals surface area contributed by atoms with E-state index in [9.17, 15) is 13.2 Å². The van der Waals surface area contributed by atoms with Gasteiger partial charge in [-0.05, 0) is 31.2 Å². The first-order valence-corrected chi connectivity index (χ1v) is 12.4. The fraction of sp³-hybridized carbons (Fsp3) is 0.550. The van der Waals surface area contributed by atoms with Crippen molar-refractivity contribution in [3.05, 3.63) is 40.9 Å². The minimum atomic E-state index is -3.27. The minimum Gasteiger partial charge on any atom is -0.300 e. The van der Waals surface area contributed by atoms with E-state index in [2.05, 4.69) is 29.4 Å². The lowest BCUT2D eigenvalue weighted by atomic mass is 9.72. The molecule has 29 heavy (non-hydrogen) atoms. The zero-order valence-corrected chi connectivity index (χ0v) is 18.7. The lowest BCUT2D eigenvalue weighted by Gasteiger charge is -2.40. The Bertz CT molecular complexity index is 934. The summed E-state index contributed by atoms with van der Waals surface area (Å²) in [5, 5.41) is 12.6. The molecule has 7 nitrogen and oxygen atoms in total.